The third-order valence-electron chi connectivity index (χ3n) is 2.66. The van der Waals surface area contributed by atoms with Crippen molar-refractivity contribution in [1.82, 2.24) is 0 Å². The van der Waals surface area contributed by atoms with Gasteiger partial charge in [0.05, 0.1) is 0 Å². The second kappa shape index (κ2) is 6.73. The van der Waals surface area contributed by atoms with Gasteiger partial charge in [0.25, 0.3) is 0 Å². The second-order valence-electron chi connectivity index (χ2n) is 4.18. The van der Waals surface area contributed by atoms with E-state index in [1.165, 1.54) is 0 Å². The quantitative estimate of drug-likeness (QED) is 0.862. The summed E-state index contributed by atoms with van der Waals surface area (Å²) in [4.78, 5) is 11.8. The average molecular weight is 339 g/mol. The van der Waals surface area contributed by atoms with Gasteiger partial charge in [-0.05, 0) is 48.4 Å². The first-order chi connectivity index (χ1) is 9.13. The summed E-state index contributed by atoms with van der Waals surface area (Å²) in [6, 6.07) is 15.1. The lowest BCUT2D eigenvalue weighted by molar-refractivity contribution is -0.116. The van der Waals surface area contributed by atoms with Gasteiger partial charge in [0, 0.05) is 21.6 Å². The first kappa shape index (κ1) is 14.1. The highest BCUT2D eigenvalue weighted by Crippen LogP contribution is 2.15. The van der Waals surface area contributed by atoms with Crippen LogP contribution in [-0.2, 0) is 11.2 Å². The van der Waals surface area contributed by atoms with Crippen LogP contribution >= 0.6 is 27.5 Å². The van der Waals surface area contributed by atoms with E-state index >= 15 is 0 Å². The van der Waals surface area contributed by atoms with Crippen molar-refractivity contribution >= 4 is 39.1 Å². The van der Waals surface area contributed by atoms with E-state index in [1.54, 1.807) is 0 Å². The lowest BCUT2D eigenvalue weighted by Gasteiger charge is -2.05. The minimum absolute atomic E-state index is 0.00213. The van der Waals surface area contributed by atoms with Crippen LogP contribution in [0, 0.1) is 0 Å². The molecule has 0 heterocycles. The molecule has 1 N–H and O–H groups in total. The fourth-order valence-electron chi connectivity index (χ4n) is 1.71. The molecule has 2 nitrogen and oxygen atoms in total. The number of aryl methyl sites for hydroxylation is 1. The van der Waals surface area contributed by atoms with Gasteiger partial charge < -0.3 is 5.32 Å². The standard InChI is InChI=1S/C15H13BrClNO/c16-12-5-7-14(8-6-12)18-15(19)9-4-11-2-1-3-13(17)10-11/h1-3,5-8,10H,4,9H2,(H,18,19). The van der Waals surface area contributed by atoms with Gasteiger partial charge in [0.1, 0.15) is 0 Å². The molecule has 1 amide bonds. The maximum absolute atomic E-state index is 11.8. The maximum Gasteiger partial charge on any atom is 0.224 e. The molecule has 2 aromatic rings. The van der Waals surface area contributed by atoms with Gasteiger partial charge in [-0.3, -0.25) is 4.79 Å². The van der Waals surface area contributed by atoms with Crippen LogP contribution in [0.3, 0.4) is 0 Å². The van der Waals surface area contributed by atoms with Crippen LogP contribution in [0.4, 0.5) is 5.69 Å². The number of benzene rings is 2. The minimum atomic E-state index is 0.00213. The summed E-state index contributed by atoms with van der Waals surface area (Å²) in [5.74, 6) is 0.00213. The number of hydrogen-bond acceptors (Lipinski definition) is 1. The van der Waals surface area contributed by atoms with E-state index in [4.69, 9.17) is 11.6 Å². The molecule has 0 saturated heterocycles. The molecule has 0 fully saturated rings. The van der Waals surface area contributed by atoms with Crippen LogP contribution < -0.4 is 5.32 Å². The summed E-state index contributed by atoms with van der Waals surface area (Å²) < 4.78 is 0.990. The minimum Gasteiger partial charge on any atom is -0.326 e. The van der Waals surface area contributed by atoms with Crippen LogP contribution in [0.25, 0.3) is 0 Å². The Kier molecular flexibility index (Phi) is 5.00. The largest absolute Gasteiger partial charge is 0.326 e. The number of carbonyl (C=O) groups excluding carboxylic acids is 1. The van der Waals surface area contributed by atoms with Crippen molar-refractivity contribution in [2.75, 3.05) is 5.32 Å². The van der Waals surface area contributed by atoms with E-state index < -0.39 is 0 Å². The summed E-state index contributed by atoms with van der Waals surface area (Å²) in [5, 5.41) is 3.56. The number of anilines is 1. The average Bonchev–Trinajstić information content (AvgIpc) is 2.39. The van der Waals surface area contributed by atoms with Gasteiger partial charge in [-0.25, -0.2) is 0 Å². The molecule has 0 aliphatic heterocycles. The zero-order valence-corrected chi connectivity index (χ0v) is 12.5. The second-order valence-corrected chi connectivity index (χ2v) is 5.54. The van der Waals surface area contributed by atoms with E-state index in [1.807, 2.05) is 48.5 Å². The number of nitrogens with one attached hydrogen (secondary N) is 1. The van der Waals surface area contributed by atoms with Crippen LogP contribution in [0.1, 0.15) is 12.0 Å². The molecule has 0 radical (unpaired) electrons. The molecule has 0 atom stereocenters. The van der Waals surface area contributed by atoms with Gasteiger partial charge in [-0.15, -0.1) is 0 Å². The van der Waals surface area contributed by atoms with Gasteiger partial charge in [0.2, 0.25) is 5.91 Å². The lowest BCUT2D eigenvalue weighted by atomic mass is 10.1. The first-order valence-electron chi connectivity index (χ1n) is 5.93. The van der Waals surface area contributed by atoms with Crippen LogP contribution in [-0.4, -0.2) is 5.91 Å². The monoisotopic (exact) mass is 337 g/mol. The Balaban J connectivity index is 1.86. The third kappa shape index (κ3) is 4.69. The molecule has 0 bridgehead atoms. The molecular weight excluding hydrogens is 326 g/mol. The van der Waals surface area contributed by atoms with Crippen molar-refractivity contribution < 1.29 is 4.79 Å². The SMILES string of the molecule is O=C(CCc1cccc(Cl)c1)Nc1ccc(Br)cc1. The van der Waals surface area contributed by atoms with E-state index in [9.17, 15) is 4.79 Å². The molecule has 0 spiro atoms. The maximum atomic E-state index is 11.8. The van der Waals surface area contributed by atoms with Crippen molar-refractivity contribution in [2.45, 2.75) is 12.8 Å². The molecule has 2 rings (SSSR count). The summed E-state index contributed by atoms with van der Waals surface area (Å²) in [6.07, 6.45) is 1.12. The molecular formula is C15H13BrClNO. The molecule has 98 valence electrons. The van der Waals surface area contributed by atoms with Gasteiger partial charge in [-0.1, -0.05) is 39.7 Å². The fraction of sp³-hybridized carbons (Fsp3) is 0.133. The molecule has 4 heteroatoms. The lowest BCUT2D eigenvalue weighted by Crippen LogP contribution is -2.12. The van der Waals surface area contributed by atoms with Crippen molar-refractivity contribution in [2.24, 2.45) is 0 Å². The summed E-state index contributed by atoms with van der Waals surface area (Å²) >= 11 is 9.25. The summed E-state index contributed by atoms with van der Waals surface area (Å²) in [5.41, 5.74) is 1.87. The predicted octanol–water partition coefficient (Wildman–Crippen LogP) is 4.67. The van der Waals surface area contributed by atoms with Crippen molar-refractivity contribution in [1.29, 1.82) is 0 Å². The third-order valence-corrected chi connectivity index (χ3v) is 3.42. The highest BCUT2D eigenvalue weighted by atomic mass is 79.9. The predicted molar refractivity (Wildman–Crippen MR) is 82.5 cm³/mol. The zero-order chi connectivity index (χ0) is 13.7. The topological polar surface area (TPSA) is 29.1 Å². The highest BCUT2D eigenvalue weighted by Gasteiger charge is 2.03. The number of halogens is 2. The highest BCUT2D eigenvalue weighted by molar-refractivity contribution is 9.10. The molecule has 0 saturated carbocycles. The van der Waals surface area contributed by atoms with Crippen molar-refractivity contribution in [3.63, 3.8) is 0 Å². The number of amides is 1. The van der Waals surface area contributed by atoms with Crippen LogP contribution in [0.2, 0.25) is 5.02 Å². The molecule has 0 aromatic heterocycles. The Morgan fingerprint density at radius 1 is 1.16 bits per heavy atom. The van der Waals surface area contributed by atoms with Crippen molar-refractivity contribution in [3.8, 4) is 0 Å². The molecule has 2 aromatic carbocycles. The van der Waals surface area contributed by atoms with Crippen LogP contribution in [0.5, 0.6) is 0 Å². The van der Waals surface area contributed by atoms with Gasteiger partial charge >= 0.3 is 0 Å². The summed E-state index contributed by atoms with van der Waals surface area (Å²) in [7, 11) is 0. The van der Waals surface area contributed by atoms with E-state index in [0.29, 0.717) is 17.9 Å². The van der Waals surface area contributed by atoms with Gasteiger partial charge in [-0.2, -0.15) is 0 Å². The Morgan fingerprint density at radius 3 is 2.58 bits per heavy atom. The molecule has 0 aliphatic carbocycles. The normalized spacial score (nSPS) is 10.2. The number of rotatable bonds is 4. The van der Waals surface area contributed by atoms with Gasteiger partial charge in [0.15, 0.2) is 0 Å². The van der Waals surface area contributed by atoms with E-state index in [2.05, 4.69) is 21.2 Å². The first-order valence-corrected chi connectivity index (χ1v) is 7.10. The fourth-order valence-corrected chi connectivity index (χ4v) is 2.18. The Labute approximate surface area is 125 Å². The molecule has 19 heavy (non-hydrogen) atoms. The van der Waals surface area contributed by atoms with Crippen LogP contribution in [0.15, 0.2) is 53.0 Å². The Bertz CT molecular complexity index is 569. The van der Waals surface area contributed by atoms with Crippen molar-refractivity contribution in [3.05, 3.63) is 63.6 Å². The molecule has 0 aliphatic rings. The Hall–Kier alpha value is -1.32. The summed E-state index contributed by atoms with van der Waals surface area (Å²) in [6.45, 7) is 0. The zero-order valence-electron chi connectivity index (χ0n) is 10.2. The Morgan fingerprint density at radius 2 is 1.89 bits per heavy atom. The van der Waals surface area contributed by atoms with E-state index in [-0.39, 0.29) is 5.91 Å². The van der Waals surface area contributed by atoms with E-state index in [0.717, 1.165) is 15.7 Å². The molecule has 0 unspecified atom stereocenters. The smallest absolute Gasteiger partial charge is 0.224 e. The number of carbonyl (C=O) groups is 1. The number of hydrogen-bond donors (Lipinski definition) is 1.